The number of likely N-dealkylation sites (tertiary alicyclic amines) is 1. The van der Waals surface area contributed by atoms with Crippen LogP contribution in [0, 0.1) is 0 Å². The van der Waals surface area contributed by atoms with E-state index < -0.39 is 5.79 Å². The molecule has 0 N–H and O–H groups in total. The molecule has 1 fully saturated rings. The number of ether oxygens (including phenoxy) is 5. The van der Waals surface area contributed by atoms with E-state index in [1.54, 1.807) is 21.3 Å². The van der Waals surface area contributed by atoms with Crippen LogP contribution in [0.4, 0.5) is 0 Å². The average Bonchev–Trinajstić information content (AvgIpc) is 2.79. The molecule has 7 nitrogen and oxygen atoms in total. The van der Waals surface area contributed by atoms with E-state index in [1.807, 2.05) is 41.3 Å². The minimum atomic E-state index is -0.707. The van der Waals surface area contributed by atoms with Crippen LogP contribution in [0.5, 0.6) is 23.0 Å². The summed E-state index contributed by atoms with van der Waals surface area (Å²) in [5, 5.41) is 0. The zero-order valence-corrected chi connectivity index (χ0v) is 17.6. The smallest absolute Gasteiger partial charge is 0.226 e. The fraction of sp³-hybridized carbons (Fsp3) is 0.435. The van der Waals surface area contributed by atoms with Crippen molar-refractivity contribution in [2.45, 2.75) is 31.7 Å². The molecule has 7 heteroatoms. The summed E-state index contributed by atoms with van der Waals surface area (Å²) < 4.78 is 28.4. The molecule has 0 aliphatic carbocycles. The number of methoxy groups -OCH3 is 3. The van der Waals surface area contributed by atoms with Gasteiger partial charge in [0.15, 0.2) is 23.0 Å². The molecular formula is C23H27NO6. The molecule has 160 valence electrons. The van der Waals surface area contributed by atoms with Crippen molar-refractivity contribution in [1.29, 1.82) is 0 Å². The third kappa shape index (κ3) is 3.89. The number of hydrogen-bond donors (Lipinski definition) is 0. The molecule has 2 aromatic rings. The van der Waals surface area contributed by atoms with Gasteiger partial charge in [0, 0.05) is 31.5 Å². The van der Waals surface area contributed by atoms with E-state index in [0.29, 0.717) is 56.2 Å². The third-order valence-electron chi connectivity index (χ3n) is 5.74. The molecule has 0 atom stereocenters. The van der Waals surface area contributed by atoms with Gasteiger partial charge in [-0.25, -0.2) is 0 Å². The van der Waals surface area contributed by atoms with Gasteiger partial charge in [0.25, 0.3) is 0 Å². The van der Waals surface area contributed by atoms with E-state index in [2.05, 4.69) is 0 Å². The van der Waals surface area contributed by atoms with Crippen LogP contribution in [0.1, 0.15) is 24.0 Å². The summed E-state index contributed by atoms with van der Waals surface area (Å²) in [6.45, 7) is 1.64. The largest absolute Gasteiger partial charge is 0.493 e. The summed E-state index contributed by atoms with van der Waals surface area (Å²) >= 11 is 0. The second-order valence-electron chi connectivity index (χ2n) is 7.50. The van der Waals surface area contributed by atoms with Gasteiger partial charge in [-0.1, -0.05) is 18.2 Å². The van der Waals surface area contributed by atoms with Crippen molar-refractivity contribution in [3.8, 4) is 23.0 Å². The van der Waals surface area contributed by atoms with Gasteiger partial charge >= 0.3 is 0 Å². The lowest BCUT2D eigenvalue weighted by Gasteiger charge is -2.44. The Morgan fingerprint density at radius 3 is 2.43 bits per heavy atom. The molecule has 4 rings (SSSR count). The lowest BCUT2D eigenvalue weighted by Crippen LogP contribution is -2.52. The van der Waals surface area contributed by atoms with E-state index in [0.717, 1.165) is 16.9 Å². The van der Waals surface area contributed by atoms with Crippen LogP contribution in [0.2, 0.25) is 0 Å². The Morgan fingerprint density at radius 2 is 1.73 bits per heavy atom. The highest BCUT2D eigenvalue weighted by Crippen LogP contribution is 2.42. The first-order chi connectivity index (χ1) is 14.6. The summed E-state index contributed by atoms with van der Waals surface area (Å²) in [5.41, 5.74) is 1.87. The number of rotatable bonds is 5. The molecule has 0 saturated carbocycles. The minimum absolute atomic E-state index is 0.0749. The van der Waals surface area contributed by atoms with Gasteiger partial charge in [-0.05, 0) is 23.8 Å². The minimum Gasteiger partial charge on any atom is -0.493 e. The maximum absolute atomic E-state index is 12.8. The van der Waals surface area contributed by atoms with Crippen molar-refractivity contribution in [2.24, 2.45) is 0 Å². The summed E-state index contributed by atoms with van der Waals surface area (Å²) in [7, 11) is 4.82. The summed E-state index contributed by atoms with van der Waals surface area (Å²) in [6, 6.07) is 11.4. The second-order valence-corrected chi connectivity index (χ2v) is 7.50. The Balaban J connectivity index is 1.39. The Hall–Kier alpha value is -2.93. The Morgan fingerprint density at radius 1 is 1.00 bits per heavy atom. The molecule has 1 spiro atoms. The van der Waals surface area contributed by atoms with Gasteiger partial charge < -0.3 is 28.6 Å². The Kier molecular flexibility index (Phi) is 5.72. The van der Waals surface area contributed by atoms with E-state index in [9.17, 15) is 4.79 Å². The molecule has 0 bridgehead atoms. The molecule has 2 aromatic carbocycles. The first-order valence-electron chi connectivity index (χ1n) is 10.0. The highest BCUT2D eigenvalue weighted by molar-refractivity contribution is 5.79. The quantitative estimate of drug-likeness (QED) is 0.750. The highest BCUT2D eigenvalue weighted by atomic mass is 16.7. The van der Waals surface area contributed by atoms with Gasteiger partial charge in [0.2, 0.25) is 11.7 Å². The first-order valence-corrected chi connectivity index (χ1v) is 10.0. The van der Waals surface area contributed by atoms with Crippen molar-refractivity contribution in [3.63, 3.8) is 0 Å². The van der Waals surface area contributed by atoms with Gasteiger partial charge in [-0.15, -0.1) is 0 Å². The number of carbonyl (C=O) groups excluding carboxylic acids is 1. The highest BCUT2D eigenvalue weighted by Gasteiger charge is 2.42. The number of fused-ring (bicyclic) bond motifs is 1. The molecule has 30 heavy (non-hydrogen) atoms. The molecule has 1 saturated heterocycles. The zero-order chi connectivity index (χ0) is 21.1. The van der Waals surface area contributed by atoms with Crippen LogP contribution in [0.15, 0.2) is 36.4 Å². The van der Waals surface area contributed by atoms with Crippen molar-refractivity contribution < 1.29 is 28.5 Å². The van der Waals surface area contributed by atoms with Crippen molar-refractivity contribution in [2.75, 3.05) is 34.4 Å². The van der Waals surface area contributed by atoms with E-state index in [-0.39, 0.29) is 5.91 Å². The normalized spacial score (nSPS) is 17.1. The maximum Gasteiger partial charge on any atom is 0.226 e. The molecule has 1 amide bonds. The van der Waals surface area contributed by atoms with Crippen LogP contribution in [-0.4, -0.2) is 51.0 Å². The third-order valence-corrected chi connectivity index (χ3v) is 5.74. The Labute approximate surface area is 176 Å². The van der Waals surface area contributed by atoms with E-state index >= 15 is 0 Å². The summed E-state index contributed by atoms with van der Waals surface area (Å²) in [6.07, 6.45) is 1.54. The molecule has 2 aliphatic rings. The average molecular weight is 413 g/mol. The monoisotopic (exact) mass is 413 g/mol. The maximum atomic E-state index is 12.8. The number of carbonyl (C=O) groups is 1. The first kappa shape index (κ1) is 20.3. The molecule has 0 unspecified atom stereocenters. The summed E-state index contributed by atoms with van der Waals surface area (Å²) in [4.78, 5) is 14.7. The number of para-hydroxylation sites is 1. The second kappa shape index (κ2) is 8.44. The number of benzene rings is 2. The SMILES string of the molecule is COc1ccc(CC(=O)N2CCC3(CC2)OCc2cccc(OC)c2O3)cc1OC. The van der Waals surface area contributed by atoms with Gasteiger partial charge in [-0.3, -0.25) is 4.79 Å². The molecule has 0 aromatic heterocycles. The van der Waals surface area contributed by atoms with Gasteiger partial charge in [-0.2, -0.15) is 0 Å². The van der Waals surface area contributed by atoms with Crippen molar-refractivity contribution in [3.05, 3.63) is 47.5 Å². The van der Waals surface area contributed by atoms with E-state index in [4.69, 9.17) is 23.7 Å². The fourth-order valence-electron chi connectivity index (χ4n) is 4.00. The number of amides is 1. The van der Waals surface area contributed by atoms with Crippen molar-refractivity contribution >= 4 is 5.91 Å². The van der Waals surface area contributed by atoms with E-state index in [1.165, 1.54) is 0 Å². The fourth-order valence-corrected chi connectivity index (χ4v) is 4.00. The summed E-state index contributed by atoms with van der Waals surface area (Å²) in [5.74, 6) is 2.10. The topological polar surface area (TPSA) is 66.5 Å². The van der Waals surface area contributed by atoms with Crippen LogP contribution in [0.25, 0.3) is 0 Å². The number of piperidine rings is 1. The Bertz CT molecular complexity index is 906. The lowest BCUT2D eigenvalue weighted by molar-refractivity contribution is -0.228. The van der Waals surface area contributed by atoms with Crippen LogP contribution < -0.4 is 18.9 Å². The molecule has 2 heterocycles. The number of hydrogen-bond acceptors (Lipinski definition) is 6. The molecule has 0 radical (unpaired) electrons. The standard InChI is InChI=1S/C23H27NO6/c1-26-18-8-7-16(13-20(18)28-3)14-21(25)24-11-9-23(10-12-24)29-15-17-5-4-6-19(27-2)22(17)30-23/h4-8,13H,9-12,14-15H2,1-3H3. The van der Waals surface area contributed by atoms with Gasteiger partial charge in [0.05, 0.1) is 34.4 Å². The zero-order valence-electron chi connectivity index (χ0n) is 17.6. The van der Waals surface area contributed by atoms with Crippen molar-refractivity contribution in [1.82, 2.24) is 4.90 Å². The molecular weight excluding hydrogens is 386 g/mol. The number of nitrogens with zero attached hydrogens (tertiary/aromatic N) is 1. The predicted molar refractivity (Wildman–Crippen MR) is 110 cm³/mol. The van der Waals surface area contributed by atoms with Crippen LogP contribution in [-0.2, 0) is 22.6 Å². The van der Waals surface area contributed by atoms with Crippen LogP contribution >= 0.6 is 0 Å². The predicted octanol–water partition coefficient (Wildman–Crippen LogP) is 3.18. The lowest BCUT2D eigenvalue weighted by atomic mass is 10.00. The van der Waals surface area contributed by atoms with Crippen LogP contribution in [0.3, 0.4) is 0 Å². The molecule has 2 aliphatic heterocycles. The van der Waals surface area contributed by atoms with Gasteiger partial charge in [0.1, 0.15) is 0 Å².